The van der Waals surface area contributed by atoms with Crippen LogP contribution in [0.25, 0.3) is 0 Å². The molecule has 2 aromatic rings. The quantitative estimate of drug-likeness (QED) is 0.641. The molecule has 0 saturated carbocycles. The normalized spacial score (nSPS) is 17.4. The van der Waals surface area contributed by atoms with Crippen LogP contribution in [-0.4, -0.2) is 62.1 Å². The molecular formula is C25H30F3N3O4. The molecule has 2 aromatic carbocycles. The van der Waals surface area contributed by atoms with Gasteiger partial charge in [-0.3, -0.25) is 4.79 Å². The van der Waals surface area contributed by atoms with E-state index >= 15 is 0 Å². The van der Waals surface area contributed by atoms with Crippen LogP contribution in [0.5, 0.6) is 11.5 Å². The molecule has 2 aliphatic rings. The molecule has 2 fully saturated rings. The van der Waals surface area contributed by atoms with Gasteiger partial charge in [-0.05, 0) is 61.1 Å². The number of ether oxygens (including phenoxy) is 2. The van der Waals surface area contributed by atoms with E-state index in [1.54, 1.807) is 35.1 Å². The Morgan fingerprint density at radius 3 is 2.14 bits per heavy atom. The number of piperidine rings is 1. The van der Waals surface area contributed by atoms with Gasteiger partial charge in [-0.2, -0.15) is 13.2 Å². The molecule has 0 radical (unpaired) electrons. The average molecular weight is 494 g/mol. The van der Waals surface area contributed by atoms with Crippen LogP contribution in [0.2, 0.25) is 0 Å². The minimum absolute atomic E-state index is 0. The first-order chi connectivity index (χ1) is 16.6. The standard InChI is InChI=1S/C25H28F3N3O4.H2/c1-34-19-7-8-20(21(15-19)35-2)22(32)30-12-9-24(10-13-30)11-14-31(16-24)23(33)29-18-5-3-17(4-6-18)25(26,27)28;/h3-8,15H,9-14,16H2,1-2H3,(H,29,33);1H. The van der Waals surface area contributed by atoms with Crippen molar-refractivity contribution < 1.29 is 33.7 Å². The predicted octanol–water partition coefficient (Wildman–Crippen LogP) is 5.13. The number of halogens is 3. The van der Waals surface area contributed by atoms with E-state index in [4.69, 9.17) is 9.47 Å². The molecule has 7 nitrogen and oxygen atoms in total. The molecule has 2 heterocycles. The van der Waals surface area contributed by atoms with Crippen molar-refractivity contribution >= 4 is 17.6 Å². The Balaban J connectivity index is 0.00000361. The summed E-state index contributed by atoms with van der Waals surface area (Å²) in [6.45, 7) is 2.25. The molecule has 0 bridgehead atoms. The number of nitrogens with one attached hydrogen (secondary N) is 1. The number of anilines is 1. The largest absolute Gasteiger partial charge is 0.497 e. The summed E-state index contributed by atoms with van der Waals surface area (Å²) >= 11 is 0. The van der Waals surface area contributed by atoms with E-state index in [9.17, 15) is 22.8 Å². The van der Waals surface area contributed by atoms with Crippen molar-refractivity contribution in [3.8, 4) is 11.5 Å². The molecule has 190 valence electrons. The molecule has 0 aliphatic carbocycles. The average Bonchev–Trinajstić information content (AvgIpc) is 3.27. The van der Waals surface area contributed by atoms with E-state index in [1.807, 2.05) is 0 Å². The fourth-order valence-corrected chi connectivity index (χ4v) is 4.79. The molecule has 1 spiro atoms. The van der Waals surface area contributed by atoms with E-state index in [0.717, 1.165) is 31.4 Å². The Morgan fingerprint density at radius 2 is 1.57 bits per heavy atom. The Bertz CT molecular complexity index is 1090. The Hall–Kier alpha value is -3.43. The molecule has 2 saturated heterocycles. The summed E-state index contributed by atoms with van der Waals surface area (Å²) in [5, 5.41) is 2.69. The fourth-order valence-electron chi connectivity index (χ4n) is 4.79. The second-order valence-corrected chi connectivity index (χ2v) is 9.04. The van der Waals surface area contributed by atoms with Gasteiger partial charge < -0.3 is 24.6 Å². The maximum atomic E-state index is 13.1. The van der Waals surface area contributed by atoms with Gasteiger partial charge in [-0.15, -0.1) is 0 Å². The summed E-state index contributed by atoms with van der Waals surface area (Å²) in [6, 6.07) is 9.19. The predicted molar refractivity (Wildman–Crippen MR) is 126 cm³/mol. The number of amides is 3. The Morgan fingerprint density at radius 1 is 0.943 bits per heavy atom. The molecule has 3 amide bonds. The lowest BCUT2D eigenvalue weighted by Gasteiger charge is -2.39. The van der Waals surface area contributed by atoms with Crippen LogP contribution in [0.4, 0.5) is 23.7 Å². The topological polar surface area (TPSA) is 71.1 Å². The Kier molecular flexibility index (Phi) is 6.82. The van der Waals surface area contributed by atoms with E-state index in [0.29, 0.717) is 48.9 Å². The highest BCUT2D eigenvalue weighted by Crippen LogP contribution is 2.41. The maximum absolute atomic E-state index is 13.1. The number of nitrogens with zero attached hydrogens (tertiary/aromatic N) is 2. The monoisotopic (exact) mass is 493 g/mol. The van der Waals surface area contributed by atoms with Crippen LogP contribution >= 0.6 is 0 Å². The van der Waals surface area contributed by atoms with Gasteiger partial charge in [-0.1, -0.05) is 0 Å². The second-order valence-electron chi connectivity index (χ2n) is 9.04. The van der Waals surface area contributed by atoms with Crippen LogP contribution in [0.1, 0.15) is 36.6 Å². The number of likely N-dealkylation sites (tertiary alicyclic amines) is 2. The minimum atomic E-state index is -4.42. The fraction of sp³-hybridized carbons (Fsp3) is 0.440. The maximum Gasteiger partial charge on any atom is 0.416 e. The van der Waals surface area contributed by atoms with Gasteiger partial charge in [0.15, 0.2) is 0 Å². The number of hydrogen-bond donors (Lipinski definition) is 1. The number of methoxy groups -OCH3 is 2. The van der Waals surface area contributed by atoms with E-state index < -0.39 is 11.7 Å². The lowest BCUT2D eigenvalue weighted by atomic mass is 9.77. The van der Waals surface area contributed by atoms with Crippen LogP contribution in [0.15, 0.2) is 42.5 Å². The van der Waals surface area contributed by atoms with Gasteiger partial charge in [0.25, 0.3) is 5.91 Å². The van der Waals surface area contributed by atoms with Crippen LogP contribution < -0.4 is 14.8 Å². The molecular weight excluding hydrogens is 463 g/mol. The number of carbonyl (C=O) groups is 2. The number of alkyl halides is 3. The van der Waals surface area contributed by atoms with Crippen molar-refractivity contribution in [1.29, 1.82) is 0 Å². The smallest absolute Gasteiger partial charge is 0.416 e. The Labute approximate surface area is 203 Å². The summed E-state index contributed by atoms with van der Waals surface area (Å²) in [6.07, 6.45) is -2.07. The number of rotatable bonds is 4. The molecule has 35 heavy (non-hydrogen) atoms. The van der Waals surface area contributed by atoms with Gasteiger partial charge in [0.2, 0.25) is 0 Å². The molecule has 4 rings (SSSR count). The van der Waals surface area contributed by atoms with E-state index in [-0.39, 0.29) is 18.8 Å². The zero-order valence-electron chi connectivity index (χ0n) is 19.7. The van der Waals surface area contributed by atoms with Gasteiger partial charge >= 0.3 is 12.2 Å². The summed E-state index contributed by atoms with van der Waals surface area (Å²) < 4.78 is 48.8. The first-order valence-corrected chi connectivity index (χ1v) is 11.4. The van der Waals surface area contributed by atoms with Gasteiger partial charge in [-0.25, -0.2) is 4.79 Å². The SMILES string of the molecule is COc1ccc(C(=O)N2CCC3(CCN(C(=O)Nc4ccc(C(F)(F)F)cc4)C3)CC2)c(OC)c1.[HH]. The molecule has 10 heteroatoms. The van der Waals surface area contributed by atoms with Crippen LogP contribution in [0.3, 0.4) is 0 Å². The van der Waals surface area contributed by atoms with E-state index in [2.05, 4.69) is 5.32 Å². The van der Waals surface area contributed by atoms with Gasteiger partial charge in [0, 0.05) is 39.4 Å². The third-order valence-corrected chi connectivity index (χ3v) is 6.94. The van der Waals surface area contributed by atoms with E-state index in [1.165, 1.54) is 19.2 Å². The minimum Gasteiger partial charge on any atom is -0.497 e. The number of hydrogen-bond acceptors (Lipinski definition) is 4. The van der Waals surface area contributed by atoms with Crippen molar-refractivity contribution in [2.75, 3.05) is 45.7 Å². The zero-order chi connectivity index (χ0) is 25.2. The highest BCUT2D eigenvalue weighted by molar-refractivity contribution is 5.97. The zero-order valence-corrected chi connectivity index (χ0v) is 19.7. The van der Waals surface area contributed by atoms with Crippen molar-refractivity contribution in [2.24, 2.45) is 5.41 Å². The summed E-state index contributed by atoms with van der Waals surface area (Å²) in [7, 11) is 3.06. The van der Waals surface area contributed by atoms with Crippen LogP contribution in [-0.2, 0) is 6.18 Å². The van der Waals surface area contributed by atoms with Crippen molar-refractivity contribution in [3.05, 3.63) is 53.6 Å². The summed E-state index contributed by atoms with van der Waals surface area (Å²) in [5.41, 5.74) is -0.0339. The second kappa shape index (κ2) is 9.67. The third kappa shape index (κ3) is 5.31. The first-order valence-electron chi connectivity index (χ1n) is 11.4. The molecule has 0 unspecified atom stereocenters. The lowest BCUT2D eigenvalue weighted by molar-refractivity contribution is -0.137. The summed E-state index contributed by atoms with van der Waals surface area (Å²) in [4.78, 5) is 29.3. The number of urea groups is 1. The van der Waals surface area contributed by atoms with Gasteiger partial charge in [0.05, 0.1) is 25.3 Å². The lowest BCUT2D eigenvalue weighted by Crippen LogP contribution is -2.45. The highest BCUT2D eigenvalue weighted by atomic mass is 19.4. The molecule has 0 atom stereocenters. The highest BCUT2D eigenvalue weighted by Gasteiger charge is 2.43. The number of carbonyl (C=O) groups excluding carboxylic acids is 2. The molecule has 1 N–H and O–H groups in total. The third-order valence-electron chi connectivity index (χ3n) is 6.94. The van der Waals surface area contributed by atoms with Crippen molar-refractivity contribution in [2.45, 2.75) is 25.4 Å². The summed E-state index contributed by atoms with van der Waals surface area (Å²) in [5.74, 6) is 0.965. The van der Waals surface area contributed by atoms with Gasteiger partial charge in [0.1, 0.15) is 11.5 Å². The first kappa shape index (κ1) is 24.7. The van der Waals surface area contributed by atoms with Crippen molar-refractivity contribution in [3.63, 3.8) is 0 Å². The van der Waals surface area contributed by atoms with Crippen molar-refractivity contribution in [1.82, 2.24) is 9.80 Å². The van der Waals surface area contributed by atoms with Crippen LogP contribution in [0, 0.1) is 5.41 Å². The molecule has 2 aliphatic heterocycles. The number of benzene rings is 2. The molecule has 0 aromatic heterocycles.